The highest BCUT2D eigenvalue weighted by molar-refractivity contribution is 7.89. The molecule has 1 fully saturated rings. The molecule has 4 heterocycles. The lowest BCUT2D eigenvalue weighted by Crippen LogP contribution is -2.50. The molecule has 10 nitrogen and oxygen atoms in total. The van der Waals surface area contributed by atoms with Gasteiger partial charge in [0.25, 0.3) is 0 Å². The lowest BCUT2D eigenvalue weighted by molar-refractivity contribution is -0.120. The third-order valence-corrected chi connectivity index (χ3v) is 8.05. The number of piperazine rings is 1. The second-order valence-electron chi connectivity index (χ2n) is 8.56. The minimum absolute atomic E-state index is 0.0925. The van der Waals surface area contributed by atoms with Crippen LogP contribution in [0.15, 0.2) is 30.5 Å². The molecule has 1 amide bonds. The monoisotopic (exact) mass is 485 g/mol. The summed E-state index contributed by atoms with van der Waals surface area (Å²) in [6, 6.07) is 7.63. The number of hydrogen-bond donors (Lipinski definition) is 1. The number of carbonyl (C=O) groups excluding carboxylic acids is 1. The maximum atomic E-state index is 12.7. The predicted octanol–water partition coefficient (Wildman–Crippen LogP) is 1.25. The number of amides is 1. The van der Waals surface area contributed by atoms with Gasteiger partial charge < -0.3 is 10.2 Å². The highest BCUT2D eigenvalue weighted by atomic mass is 32.2. The molecule has 1 N–H and O–H groups in total. The smallest absolute Gasteiger partial charge is 0.220 e. The van der Waals surface area contributed by atoms with Crippen LogP contribution in [0.1, 0.15) is 29.1 Å². The largest absolute Gasteiger partial charge is 0.355 e. The minimum atomic E-state index is -3.44. The Labute approximate surface area is 200 Å². The number of anilines is 1. The van der Waals surface area contributed by atoms with E-state index in [9.17, 15) is 13.2 Å². The summed E-state index contributed by atoms with van der Waals surface area (Å²) in [4.78, 5) is 23.4. The molecule has 0 aromatic carbocycles. The van der Waals surface area contributed by atoms with Gasteiger partial charge >= 0.3 is 0 Å². The average molecular weight is 486 g/mol. The van der Waals surface area contributed by atoms with E-state index >= 15 is 0 Å². The lowest BCUT2D eigenvalue weighted by Gasteiger charge is -2.34. The maximum absolute atomic E-state index is 12.7. The van der Waals surface area contributed by atoms with Crippen LogP contribution in [-0.4, -0.2) is 76.7 Å². The van der Waals surface area contributed by atoms with E-state index in [0.717, 1.165) is 34.1 Å². The van der Waals surface area contributed by atoms with Crippen LogP contribution in [0.5, 0.6) is 0 Å². The van der Waals surface area contributed by atoms with Gasteiger partial charge in [-0.3, -0.25) is 4.79 Å². The van der Waals surface area contributed by atoms with Crippen molar-refractivity contribution >= 4 is 27.4 Å². The van der Waals surface area contributed by atoms with Crippen LogP contribution in [0.2, 0.25) is 0 Å². The highest BCUT2D eigenvalue weighted by Crippen LogP contribution is 2.17. The van der Waals surface area contributed by atoms with Crippen molar-refractivity contribution in [2.45, 2.75) is 33.6 Å². The van der Waals surface area contributed by atoms with E-state index in [1.807, 2.05) is 45.0 Å². The van der Waals surface area contributed by atoms with E-state index in [4.69, 9.17) is 0 Å². The van der Waals surface area contributed by atoms with Gasteiger partial charge in [-0.25, -0.2) is 22.9 Å². The number of fused-ring (bicyclic) bond motifs is 1. The van der Waals surface area contributed by atoms with E-state index < -0.39 is 10.0 Å². The third kappa shape index (κ3) is 5.36. The number of hydrogen-bond acceptors (Lipinski definition) is 7. The van der Waals surface area contributed by atoms with Crippen LogP contribution >= 0.6 is 0 Å². The van der Waals surface area contributed by atoms with Gasteiger partial charge in [-0.05, 0) is 44.9 Å². The predicted molar refractivity (Wildman–Crippen MR) is 130 cm³/mol. The molecule has 0 atom stereocenters. The molecule has 1 aliphatic rings. The summed E-state index contributed by atoms with van der Waals surface area (Å²) in [5, 5.41) is 7.22. The quantitative estimate of drug-likeness (QED) is 0.511. The third-order valence-electron chi connectivity index (χ3n) is 6.18. The fraction of sp³-hybridized carbons (Fsp3) is 0.478. The van der Waals surface area contributed by atoms with Crippen LogP contribution < -0.4 is 10.2 Å². The molecule has 4 rings (SSSR count). The average Bonchev–Trinajstić information content (AvgIpc) is 3.19. The van der Waals surface area contributed by atoms with Crippen LogP contribution in [0.4, 0.5) is 5.82 Å². The Balaban J connectivity index is 1.24. The molecule has 0 saturated carbocycles. The molecule has 0 spiro atoms. The molecular weight excluding hydrogens is 454 g/mol. The summed E-state index contributed by atoms with van der Waals surface area (Å²) in [6.45, 7) is 7.93. The molecule has 34 heavy (non-hydrogen) atoms. The second-order valence-corrected chi connectivity index (χ2v) is 10.6. The van der Waals surface area contributed by atoms with Crippen molar-refractivity contribution in [3.05, 3.63) is 53.1 Å². The van der Waals surface area contributed by atoms with Crippen LogP contribution in [-0.2, 0) is 21.2 Å². The van der Waals surface area contributed by atoms with E-state index in [1.165, 1.54) is 4.31 Å². The Morgan fingerprint density at radius 2 is 1.88 bits per heavy atom. The van der Waals surface area contributed by atoms with Gasteiger partial charge in [0.05, 0.1) is 11.4 Å². The first-order valence-electron chi connectivity index (χ1n) is 11.5. The summed E-state index contributed by atoms with van der Waals surface area (Å²) in [6.07, 6.45) is 2.52. The summed E-state index contributed by atoms with van der Waals surface area (Å²) in [5.74, 6) is 0.570. The maximum Gasteiger partial charge on any atom is 0.220 e. The van der Waals surface area contributed by atoms with Gasteiger partial charge in [-0.15, -0.1) is 0 Å². The molecule has 3 aromatic heterocycles. The van der Waals surface area contributed by atoms with Crippen molar-refractivity contribution in [2.24, 2.45) is 0 Å². The van der Waals surface area contributed by atoms with Crippen LogP contribution in [0.25, 0.3) is 5.65 Å². The Kier molecular flexibility index (Phi) is 7.13. The van der Waals surface area contributed by atoms with E-state index in [-0.39, 0.29) is 24.6 Å². The number of aryl methyl sites for hydroxylation is 3. The Morgan fingerprint density at radius 1 is 1.12 bits per heavy atom. The van der Waals surface area contributed by atoms with E-state index in [2.05, 4.69) is 25.3 Å². The van der Waals surface area contributed by atoms with Crippen molar-refractivity contribution in [1.29, 1.82) is 0 Å². The Hall–Kier alpha value is -3.05. The zero-order valence-electron chi connectivity index (χ0n) is 19.9. The van der Waals surface area contributed by atoms with Gasteiger partial charge in [-0.2, -0.15) is 9.40 Å². The fourth-order valence-electron chi connectivity index (χ4n) is 4.31. The van der Waals surface area contributed by atoms with Crippen molar-refractivity contribution in [1.82, 2.24) is 29.2 Å². The molecule has 0 unspecified atom stereocenters. The van der Waals surface area contributed by atoms with Crippen molar-refractivity contribution in [3.63, 3.8) is 0 Å². The highest BCUT2D eigenvalue weighted by Gasteiger charge is 2.27. The summed E-state index contributed by atoms with van der Waals surface area (Å²) >= 11 is 0. The van der Waals surface area contributed by atoms with Gasteiger partial charge in [0, 0.05) is 62.8 Å². The zero-order chi connectivity index (χ0) is 24.3. The minimum Gasteiger partial charge on any atom is -0.355 e. The fourth-order valence-corrected chi connectivity index (χ4v) is 5.65. The summed E-state index contributed by atoms with van der Waals surface area (Å²) in [5.41, 5.74) is 4.53. The Morgan fingerprint density at radius 3 is 2.59 bits per heavy atom. The first-order valence-corrected chi connectivity index (χ1v) is 13.1. The van der Waals surface area contributed by atoms with Gasteiger partial charge in [0.15, 0.2) is 5.65 Å². The molecule has 1 aliphatic heterocycles. The van der Waals surface area contributed by atoms with Crippen molar-refractivity contribution in [2.75, 3.05) is 43.4 Å². The Bertz CT molecular complexity index is 1270. The second kappa shape index (κ2) is 10.1. The number of rotatable bonds is 8. The van der Waals surface area contributed by atoms with Crippen molar-refractivity contribution < 1.29 is 13.2 Å². The number of pyridine rings is 1. The molecule has 0 bridgehead atoms. The summed E-state index contributed by atoms with van der Waals surface area (Å²) < 4.78 is 28.8. The normalized spacial score (nSPS) is 15.1. The van der Waals surface area contributed by atoms with Crippen molar-refractivity contribution in [3.8, 4) is 0 Å². The molecule has 182 valence electrons. The lowest BCUT2D eigenvalue weighted by atomic mass is 10.1. The standard InChI is InChI=1S/C23H31N7O3S/c1-17-16-22-26-18(2)20(19(3)30(22)27-17)7-8-23(31)25-10-15-34(32,33)29-13-11-28(12-14-29)21-6-4-5-9-24-21/h4-6,9,16H,7-8,10-15H2,1-3H3,(H,25,31). The molecule has 11 heteroatoms. The van der Waals surface area contributed by atoms with Crippen LogP contribution in [0.3, 0.4) is 0 Å². The van der Waals surface area contributed by atoms with Crippen LogP contribution in [0, 0.1) is 20.8 Å². The van der Waals surface area contributed by atoms with Gasteiger partial charge in [0.2, 0.25) is 15.9 Å². The molecule has 0 aliphatic carbocycles. The molecule has 1 saturated heterocycles. The van der Waals surface area contributed by atoms with E-state index in [0.29, 0.717) is 32.6 Å². The summed E-state index contributed by atoms with van der Waals surface area (Å²) in [7, 11) is -3.44. The van der Waals surface area contributed by atoms with Gasteiger partial charge in [0.1, 0.15) is 5.82 Å². The van der Waals surface area contributed by atoms with Gasteiger partial charge in [-0.1, -0.05) is 6.07 Å². The zero-order valence-corrected chi connectivity index (χ0v) is 20.7. The SMILES string of the molecule is Cc1cc2nc(C)c(CCC(=O)NCCS(=O)(=O)N3CCN(c4ccccn4)CC3)c(C)n2n1. The van der Waals surface area contributed by atoms with E-state index in [1.54, 1.807) is 10.7 Å². The number of sulfonamides is 1. The first-order chi connectivity index (χ1) is 16.2. The number of nitrogens with one attached hydrogen (secondary N) is 1. The number of carbonyl (C=O) groups is 1. The topological polar surface area (TPSA) is 113 Å². The molecule has 3 aromatic rings. The molecule has 0 radical (unpaired) electrons. The number of nitrogens with zero attached hydrogens (tertiary/aromatic N) is 6. The first kappa shape index (κ1) is 24.1. The number of aromatic nitrogens is 4. The molecular formula is C23H31N7O3S.